The highest BCUT2D eigenvalue weighted by molar-refractivity contribution is 6.31. The van der Waals surface area contributed by atoms with E-state index in [0.717, 1.165) is 13.2 Å². The van der Waals surface area contributed by atoms with Crippen LogP contribution in [-0.4, -0.2) is 18.2 Å². The second-order valence-electron chi connectivity index (χ2n) is 3.48. The summed E-state index contributed by atoms with van der Waals surface area (Å²) in [7, 11) is 0. The molecule has 0 saturated carbocycles. The van der Waals surface area contributed by atoms with Gasteiger partial charge in [-0.05, 0) is 18.9 Å². The number of hydrogen-bond acceptors (Lipinski definition) is 3. The van der Waals surface area contributed by atoms with Crippen molar-refractivity contribution in [3.8, 4) is 6.07 Å². The molecule has 1 saturated heterocycles. The third-order valence-electron chi connectivity index (χ3n) is 2.10. The van der Waals surface area contributed by atoms with Gasteiger partial charge < -0.3 is 4.74 Å². The van der Waals surface area contributed by atoms with Crippen LogP contribution in [0.2, 0.25) is 5.02 Å². The van der Waals surface area contributed by atoms with Crippen molar-refractivity contribution in [1.29, 1.82) is 5.26 Å². The van der Waals surface area contributed by atoms with Gasteiger partial charge in [0.05, 0.1) is 10.6 Å². The van der Waals surface area contributed by atoms with Crippen molar-refractivity contribution in [3.63, 3.8) is 0 Å². The smallest absolute Gasteiger partial charge is 0.381 e. The van der Waals surface area contributed by atoms with Gasteiger partial charge in [0.15, 0.2) is 5.69 Å². The second-order valence-corrected chi connectivity index (χ2v) is 3.89. The Balaban J connectivity index is 0.000000269. The van der Waals surface area contributed by atoms with Crippen LogP contribution in [0, 0.1) is 11.3 Å². The van der Waals surface area contributed by atoms with Crippen LogP contribution in [0.1, 0.15) is 24.1 Å². The molecule has 18 heavy (non-hydrogen) atoms. The predicted molar refractivity (Wildman–Crippen MR) is 59.0 cm³/mol. The lowest BCUT2D eigenvalue weighted by molar-refractivity contribution is -0.137. The SMILES string of the molecule is C1CCOC1.N#Cc1ncc(C(F)(F)F)cc1Cl. The molecular formula is C11H10ClF3N2O. The molecule has 1 aliphatic rings. The number of aromatic nitrogens is 1. The van der Waals surface area contributed by atoms with E-state index in [1.165, 1.54) is 12.8 Å². The molecule has 1 aromatic heterocycles. The topological polar surface area (TPSA) is 45.9 Å². The number of hydrogen-bond donors (Lipinski definition) is 0. The van der Waals surface area contributed by atoms with E-state index < -0.39 is 11.7 Å². The zero-order valence-electron chi connectivity index (χ0n) is 9.30. The minimum Gasteiger partial charge on any atom is -0.381 e. The first-order valence-corrected chi connectivity index (χ1v) is 5.53. The van der Waals surface area contributed by atoms with Crippen LogP contribution in [0.25, 0.3) is 0 Å². The van der Waals surface area contributed by atoms with Gasteiger partial charge in [-0.25, -0.2) is 4.98 Å². The summed E-state index contributed by atoms with van der Waals surface area (Å²) in [5.41, 5.74) is -1.17. The highest BCUT2D eigenvalue weighted by Gasteiger charge is 2.31. The van der Waals surface area contributed by atoms with Crippen LogP contribution in [0.3, 0.4) is 0 Å². The molecule has 0 aliphatic carbocycles. The maximum Gasteiger partial charge on any atom is 0.417 e. The Hall–Kier alpha value is -1.32. The van der Waals surface area contributed by atoms with Crippen molar-refractivity contribution in [3.05, 3.63) is 28.5 Å². The molecule has 1 aromatic rings. The van der Waals surface area contributed by atoms with Crippen molar-refractivity contribution < 1.29 is 17.9 Å². The summed E-state index contributed by atoms with van der Waals surface area (Å²) < 4.78 is 41.0. The second kappa shape index (κ2) is 6.57. The van der Waals surface area contributed by atoms with E-state index in [1.54, 1.807) is 6.07 Å². The highest BCUT2D eigenvalue weighted by Crippen LogP contribution is 2.30. The zero-order valence-corrected chi connectivity index (χ0v) is 10.1. The average Bonchev–Trinajstić information content (AvgIpc) is 2.86. The Bertz CT molecular complexity index is 431. The van der Waals surface area contributed by atoms with E-state index in [4.69, 9.17) is 21.6 Å². The quantitative estimate of drug-likeness (QED) is 0.730. The molecule has 0 radical (unpaired) electrons. The van der Waals surface area contributed by atoms with Crippen LogP contribution in [0.4, 0.5) is 13.2 Å². The molecule has 0 amide bonds. The summed E-state index contributed by atoms with van der Waals surface area (Å²) in [6, 6.07) is 2.24. The van der Waals surface area contributed by atoms with E-state index in [2.05, 4.69) is 4.98 Å². The fourth-order valence-corrected chi connectivity index (χ4v) is 1.39. The standard InChI is InChI=1S/C7H2ClF3N2.C4H8O/c8-5-1-4(7(9,10)11)3-13-6(5)2-12;1-2-4-5-3-1/h1,3H;1-4H2. The summed E-state index contributed by atoms with van der Waals surface area (Å²) in [6.45, 7) is 2.00. The number of ether oxygens (including phenoxy) is 1. The molecule has 98 valence electrons. The maximum absolute atomic E-state index is 12.0. The Morgan fingerprint density at radius 2 is 1.94 bits per heavy atom. The third-order valence-corrected chi connectivity index (χ3v) is 2.39. The molecule has 1 fully saturated rings. The van der Waals surface area contributed by atoms with Gasteiger partial charge in [0.25, 0.3) is 0 Å². The van der Waals surface area contributed by atoms with Crippen molar-refractivity contribution in [2.24, 2.45) is 0 Å². The molecule has 0 atom stereocenters. The summed E-state index contributed by atoms with van der Waals surface area (Å²) in [5, 5.41) is 8.04. The maximum atomic E-state index is 12.0. The molecule has 2 heterocycles. The molecule has 1 aliphatic heterocycles. The van der Waals surface area contributed by atoms with E-state index >= 15 is 0 Å². The minimum atomic E-state index is -4.48. The molecule has 0 N–H and O–H groups in total. The fourth-order valence-electron chi connectivity index (χ4n) is 1.19. The lowest BCUT2D eigenvalue weighted by Crippen LogP contribution is -2.05. The Labute approximate surface area is 107 Å². The summed E-state index contributed by atoms with van der Waals surface area (Å²) in [5.74, 6) is 0. The molecule has 3 nitrogen and oxygen atoms in total. The molecular weight excluding hydrogens is 269 g/mol. The highest BCUT2D eigenvalue weighted by atomic mass is 35.5. The van der Waals surface area contributed by atoms with E-state index in [-0.39, 0.29) is 10.7 Å². The fraction of sp³-hybridized carbons (Fsp3) is 0.455. The van der Waals surface area contributed by atoms with Gasteiger partial charge in [0.1, 0.15) is 6.07 Å². The number of halogens is 4. The van der Waals surface area contributed by atoms with Crippen molar-refractivity contribution in [1.82, 2.24) is 4.98 Å². The third kappa shape index (κ3) is 4.51. The zero-order chi connectivity index (χ0) is 13.6. The van der Waals surface area contributed by atoms with Gasteiger partial charge in [0, 0.05) is 19.4 Å². The summed E-state index contributed by atoms with van der Waals surface area (Å²) in [6.07, 6.45) is -1.35. The van der Waals surface area contributed by atoms with E-state index in [1.807, 2.05) is 0 Å². The molecule has 0 aromatic carbocycles. The molecule has 0 bridgehead atoms. The van der Waals surface area contributed by atoms with E-state index in [9.17, 15) is 13.2 Å². The van der Waals surface area contributed by atoms with Crippen LogP contribution in [-0.2, 0) is 10.9 Å². The minimum absolute atomic E-state index is 0.213. The van der Waals surface area contributed by atoms with Gasteiger partial charge in [-0.15, -0.1) is 0 Å². The summed E-state index contributed by atoms with van der Waals surface area (Å²) in [4.78, 5) is 3.25. The number of rotatable bonds is 0. The first-order valence-electron chi connectivity index (χ1n) is 5.15. The average molecular weight is 279 g/mol. The van der Waals surface area contributed by atoms with Crippen molar-refractivity contribution in [2.75, 3.05) is 13.2 Å². The molecule has 0 unspecified atom stereocenters. The Morgan fingerprint density at radius 1 is 1.33 bits per heavy atom. The number of alkyl halides is 3. The van der Waals surface area contributed by atoms with Gasteiger partial charge >= 0.3 is 6.18 Å². The first-order chi connectivity index (χ1) is 8.45. The largest absolute Gasteiger partial charge is 0.417 e. The van der Waals surface area contributed by atoms with Crippen molar-refractivity contribution in [2.45, 2.75) is 19.0 Å². The molecule has 7 heteroatoms. The van der Waals surface area contributed by atoms with Crippen LogP contribution < -0.4 is 0 Å². The normalized spacial score (nSPS) is 14.6. The number of pyridine rings is 1. The Morgan fingerprint density at radius 3 is 2.28 bits per heavy atom. The molecule has 2 rings (SSSR count). The van der Waals surface area contributed by atoms with E-state index in [0.29, 0.717) is 12.3 Å². The van der Waals surface area contributed by atoms with Gasteiger partial charge in [-0.2, -0.15) is 18.4 Å². The van der Waals surface area contributed by atoms with Crippen LogP contribution in [0.5, 0.6) is 0 Å². The Kier molecular flexibility index (Phi) is 5.38. The van der Waals surface area contributed by atoms with Crippen molar-refractivity contribution >= 4 is 11.6 Å². The number of nitrogens with zero attached hydrogens (tertiary/aromatic N) is 2. The first kappa shape index (κ1) is 14.7. The monoisotopic (exact) mass is 278 g/mol. The predicted octanol–water partition coefficient (Wildman–Crippen LogP) is 3.42. The van der Waals surface area contributed by atoms with Crippen LogP contribution in [0.15, 0.2) is 12.3 Å². The summed E-state index contributed by atoms with van der Waals surface area (Å²) >= 11 is 5.35. The van der Waals surface area contributed by atoms with Gasteiger partial charge in [-0.1, -0.05) is 11.6 Å². The van der Waals surface area contributed by atoms with Gasteiger partial charge in [0.2, 0.25) is 0 Å². The lowest BCUT2D eigenvalue weighted by atomic mass is 10.2. The molecule has 0 spiro atoms. The van der Waals surface area contributed by atoms with Gasteiger partial charge in [-0.3, -0.25) is 0 Å². The number of nitriles is 1. The van der Waals surface area contributed by atoms with Crippen LogP contribution >= 0.6 is 11.6 Å². The lowest BCUT2D eigenvalue weighted by Gasteiger charge is -2.05.